The Labute approximate surface area is 203 Å². The molecule has 2 amide bonds. The van der Waals surface area contributed by atoms with Gasteiger partial charge in [0.05, 0.1) is 18.6 Å². The van der Waals surface area contributed by atoms with Gasteiger partial charge >= 0.3 is 0 Å². The van der Waals surface area contributed by atoms with E-state index in [9.17, 15) is 9.59 Å². The van der Waals surface area contributed by atoms with Gasteiger partial charge in [0.1, 0.15) is 0 Å². The predicted molar refractivity (Wildman–Crippen MR) is 135 cm³/mol. The minimum Gasteiger partial charge on any atom is -0.344 e. The molecule has 2 fully saturated rings. The van der Waals surface area contributed by atoms with Crippen LogP contribution in [0, 0.1) is 0 Å². The second-order valence-electron chi connectivity index (χ2n) is 9.55. The van der Waals surface area contributed by atoms with E-state index in [2.05, 4.69) is 39.4 Å². The summed E-state index contributed by atoms with van der Waals surface area (Å²) >= 11 is 0. The van der Waals surface area contributed by atoms with E-state index in [0.29, 0.717) is 6.54 Å². The molecule has 1 atom stereocenters. The summed E-state index contributed by atoms with van der Waals surface area (Å²) in [5.74, 6) is 0.293. The van der Waals surface area contributed by atoms with Gasteiger partial charge in [-0.05, 0) is 30.9 Å². The van der Waals surface area contributed by atoms with E-state index in [4.69, 9.17) is 0 Å². The quantitative estimate of drug-likeness (QED) is 0.686. The number of rotatable bonds is 7. The minimum atomic E-state index is -0.224. The van der Waals surface area contributed by atoms with Crippen LogP contribution in [-0.4, -0.2) is 78.4 Å². The average Bonchev–Trinajstić information content (AvgIpc) is 3.18. The number of carbonyl (C=O) groups excluding carboxylic acids is 2. The molecule has 6 nitrogen and oxygen atoms in total. The summed E-state index contributed by atoms with van der Waals surface area (Å²) in [5.41, 5.74) is 2.15. The van der Waals surface area contributed by atoms with Crippen LogP contribution in [0.25, 0.3) is 0 Å². The van der Waals surface area contributed by atoms with Crippen molar-refractivity contribution in [3.05, 3.63) is 71.8 Å². The van der Waals surface area contributed by atoms with Crippen LogP contribution in [0.5, 0.6) is 0 Å². The lowest BCUT2D eigenvalue weighted by Gasteiger charge is -2.38. The molecule has 0 radical (unpaired) electrons. The summed E-state index contributed by atoms with van der Waals surface area (Å²) in [6.45, 7) is 7.52. The lowest BCUT2D eigenvalue weighted by molar-refractivity contribution is -0.134. The zero-order valence-corrected chi connectivity index (χ0v) is 20.4. The summed E-state index contributed by atoms with van der Waals surface area (Å²) in [7, 11) is 0. The molecule has 0 bridgehead atoms. The zero-order chi connectivity index (χ0) is 23.8. The van der Waals surface area contributed by atoms with Crippen LogP contribution in [0.3, 0.4) is 0 Å². The van der Waals surface area contributed by atoms with E-state index < -0.39 is 0 Å². The van der Waals surface area contributed by atoms with Crippen molar-refractivity contribution in [1.29, 1.82) is 0 Å². The Kier molecular flexibility index (Phi) is 8.72. The number of benzene rings is 2. The highest BCUT2D eigenvalue weighted by Crippen LogP contribution is 2.22. The Bertz CT molecular complexity index is 865. The van der Waals surface area contributed by atoms with Gasteiger partial charge in [-0.1, -0.05) is 73.5 Å². The molecule has 0 spiro atoms. The third-order valence-corrected chi connectivity index (χ3v) is 7.20. The maximum Gasteiger partial charge on any atom is 0.237 e. The smallest absolute Gasteiger partial charge is 0.237 e. The summed E-state index contributed by atoms with van der Waals surface area (Å²) in [6.07, 6.45) is 4.72. The molecule has 0 aliphatic carbocycles. The van der Waals surface area contributed by atoms with Gasteiger partial charge in [-0.15, -0.1) is 0 Å². The van der Waals surface area contributed by atoms with Crippen LogP contribution < -0.4 is 5.32 Å². The molecule has 6 heteroatoms. The van der Waals surface area contributed by atoms with Gasteiger partial charge in [-0.3, -0.25) is 19.4 Å². The van der Waals surface area contributed by atoms with Gasteiger partial charge in [0.2, 0.25) is 11.8 Å². The summed E-state index contributed by atoms with van der Waals surface area (Å²) in [4.78, 5) is 32.5. The molecule has 4 rings (SSSR count). The Hall–Kier alpha value is -2.70. The average molecular weight is 463 g/mol. The van der Waals surface area contributed by atoms with Crippen molar-refractivity contribution >= 4 is 11.8 Å². The van der Waals surface area contributed by atoms with Crippen LogP contribution in [0.2, 0.25) is 0 Å². The minimum absolute atomic E-state index is 0.0341. The highest BCUT2D eigenvalue weighted by atomic mass is 16.2. The highest BCUT2D eigenvalue weighted by Gasteiger charge is 2.29. The van der Waals surface area contributed by atoms with Crippen LogP contribution >= 0.6 is 0 Å². The van der Waals surface area contributed by atoms with Crippen molar-refractivity contribution in [3.8, 4) is 0 Å². The largest absolute Gasteiger partial charge is 0.344 e. The Morgan fingerprint density at radius 3 is 1.82 bits per heavy atom. The fraction of sp³-hybridized carbons (Fsp3) is 0.500. The zero-order valence-electron chi connectivity index (χ0n) is 20.4. The lowest BCUT2D eigenvalue weighted by atomic mass is 9.98. The molecule has 2 aliphatic heterocycles. The first-order valence-corrected chi connectivity index (χ1v) is 12.8. The monoisotopic (exact) mass is 462 g/mol. The molecular weight excluding hydrogens is 424 g/mol. The molecule has 0 saturated carbocycles. The van der Waals surface area contributed by atoms with Crippen LogP contribution in [-0.2, 0) is 9.59 Å². The van der Waals surface area contributed by atoms with Crippen molar-refractivity contribution < 1.29 is 9.59 Å². The van der Waals surface area contributed by atoms with E-state index in [1.54, 1.807) is 0 Å². The lowest BCUT2D eigenvalue weighted by Crippen LogP contribution is -2.55. The molecule has 34 heavy (non-hydrogen) atoms. The molecule has 2 saturated heterocycles. The van der Waals surface area contributed by atoms with Crippen molar-refractivity contribution in [2.45, 2.75) is 44.7 Å². The Morgan fingerprint density at radius 1 is 0.765 bits per heavy atom. The first kappa shape index (κ1) is 24.4. The third-order valence-electron chi connectivity index (χ3n) is 7.20. The first-order valence-electron chi connectivity index (χ1n) is 12.8. The van der Waals surface area contributed by atoms with Crippen molar-refractivity contribution in [2.75, 3.05) is 45.8 Å². The number of likely N-dealkylation sites (tertiary alicyclic amines) is 1. The molecule has 2 aliphatic rings. The number of hydrogen-bond donors (Lipinski definition) is 1. The second-order valence-corrected chi connectivity index (χ2v) is 9.55. The predicted octanol–water partition coefficient (Wildman–Crippen LogP) is 3.30. The Balaban J connectivity index is 1.31. The van der Waals surface area contributed by atoms with Crippen molar-refractivity contribution in [1.82, 2.24) is 20.0 Å². The summed E-state index contributed by atoms with van der Waals surface area (Å²) in [5, 5.41) is 3.28. The molecular formula is C28H38N4O2. The second kappa shape index (κ2) is 12.1. The van der Waals surface area contributed by atoms with Crippen molar-refractivity contribution in [3.63, 3.8) is 0 Å². The van der Waals surface area contributed by atoms with Crippen LogP contribution in [0.1, 0.15) is 49.8 Å². The maximum atomic E-state index is 13.3. The standard InChI is InChI=1S/C28H38N4O2/c1-23(28(34)29-27(24-12-6-4-7-13-24)25-14-8-5-9-15-25)31-20-18-30(19-21-31)22-26(33)32-16-10-2-3-11-17-32/h4-9,12-15,23,27H,2-3,10-11,16-22H2,1H3,(H,29,34). The number of hydrogen-bond acceptors (Lipinski definition) is 4. The topological polar surface area (TPSA) is 55.9 Å². The number of piperazine rings is 1. The normalized spacial score (nSPS) is 18.9. The Morgan fingerprint density at radius 2 is 1.29 bits per heavy atom. The van der Waals surface area contributed by atoms with Gasteiger partial charge in [0.25, 0.3) is 0 Å². The molecule has 1 N–H and O–H groups in total. The van der Waals surface area contributed by atoms with E-state index in [1.165, 1.54) is 12.8 Å². The van der Waals surface area contributed by atoms with E-state index >= 15 is 0 Å². The van der Waals surface area contributed by atoms with Gasteiger partial charge < -0.3 is 10.2 Å². The number of amides is 2. The fourth-order valence-electron chi connectivity index (χ4n) is 5.00. The van der Waals surface area contributed by atoms with Gasteiger partial charge in [-0.2, -0.15) is 0 Å². The van der Waals surface area contributed by atoms with Gasteiger partial charge in [0.15, 0.2) is 0 Å². The molecule has 182 valence electrons. The fourth-order valence-corrected chi connectivity index (χ4v) is 5.00. The maximum absolute atomic E-state index is 13.3. The van der Waals surface area contributed by atoms with Crippen LogP contribution in [0.4, 0.5) is 0 Å². The van der Waals surface area contributed by atoms with E-state index in [1.807, 2.05) is 48.2 Å². The summed E-state index contributed by atoms with van der Waals surface area (Å²) in [6, 6.07) is 19.8. The SMILES string of the molecule is CC(C(=O)NC(c1ccccc1)c1ccccc1)N1CCN(CC(=O)N2CCCCCC2)CC1. The number of carbonyl (C=O) groups is 2. The third kappa shape index (κ3) is 6.45. The van der Waals surface area contributed by atoms with Crippen molar-refractivity contribution in [2.24, 2.45) is 0 Å². The molecule has 1 unspecified atom stereocenters. The number of nitrogens with one attached hydrogen (secondary N) is 1. The van der Waals surface area contributed by atoms with E-state index in [0.717, 1.165) is 63.2 Å². The molecule has 2 heterocycles. The highest BCUT2D eigenvalue weighted by molar-refractivity contribution is 5.82. The van der Waals surface area contributed by atoms with Gasteiger partial charge in [-0.25, -0.2) is 0 Å². The van der Waals surface area contributed by atoms with Crippen LogP contribution in [0.15, 0.2) is 60.7 Å². The van der Waals surface area contributed by atoms with E-state index in [-0.39, 0.29) is 23.9 Å². The van der Waals surface area contributed by atoms with Gasteiger partial charge in [0, 0.05) is 39.3 Å². The first-order chi connectivity index (χ1) is 16.6. The molecule has 2 aromatic carbocycles. The molecule has 0 aromatic heterocycles. The summed E-state index contributed by atoms with van der Waals surface area (Å²) < 4.78 is 0. The number of nitrogens with zero attached hydrogens (tertiary/aromatic N) is 3. The molecule has 2 aromatic rings.